The summed E-state index contributed by atoms with van der Waals surface area (Å²) < 4.78 is 23.3. The molecule has 0 aliphatic carbocycles. The third-order valence-corrected chi connectivity index (χ3v) is 7.63. The van der Waals surface area contributed by atoms with Crippen LogP contribution in [0.4, 0.5) is 0 Å². The van der Waals surface area contributed by atoms with Gasteiger partial charge < -0.3 is 28.6 Å². The molecule has 5 rings (SSSR count). The average molecular weight is 538 g/mol. The molecule has 2 saturated heterocycles. The molecule has 2 unspecified atom stereocenters. The van der Waals surface area contributed by atoms with Gasteiger partial charge in [0, 0.05) is 37.9 Å². The minimum Gasteiger partial charge on any atom is -0.475 e. The Morgan fingerprint density at radius 3 is 2.59 bits per heavy atom. The van der Waals surface area contributed by atoms with Gasteiger partial charge in [-0.15, -0.1) is 0 Å². The number of hydrogen-bond acceptors (Lipinski definition) is 8. The van der Waals surface area contributed by atoms with Crippen LogP contribution in [0.3, 0.4) is 0 Å². The van der Waals surface area contributed by atoms with Crippen LogP contribution in [0.2, 0.25) is 0 Å². The molecule has 1 N–H and O–H groups in total. The van der Waals surface area contributed by atoms with Crippen LogP contribution in [-0.2, 0) is 4.74 Å². The first-order valence-electron chi connectivity index (χ1n) is 14.0. The van der Waals surface area contributed by atoms with Gasteiger partial charge in [0.25, 0.3) is 0 Å². The fourth-order valence-corrected chi connectivity index (χ4v) is 5.63. The molecule has 9 heteroatoms. The molecule has 0 radical (unpaired) electrons. The molecule has 0 bridgehead atoms. The molecular weight excluding hydrogens is 498 g/mol. The van der Waals surface area contributed by atoms with Crippen LogP contribution in [0.25, 0.3) is 5.70 Å². The molecule has 39 heavy (non-hydrogen) atoms. The number of aromatic carboxylic acids is 1. The van der Waals surface area contributed by atoms with Gasteiger partial charge in [0.2, 0.25) is 17.9 Å². The van der Waals surface area contributed by atoms with Crippen molar-refractivity contribution in [1.82, 2.24) is 14.8 Å². The molecule has 4 heterocycles. The van der Waals surface area contributed by atoms with Crippen molar-refractivity contribution in [2.75, 3.05) is 32.8 Å². The Labute approximate surface area is 230 Å². The van der Waals surface area contributed by atoms with E-state index in [0.717, 1.165) is 80.4 Å². The first-order chi connectivity index (χ1) is 18.8. The third-order valence-electron chi connectivity index (χ3n) is 7.63. The van der Waals surface area contributed by atoms with Crippen molar-refractivity contribution in [1.29, 1.82) is 0 Å². The number of para-hydroxylation sites is 1. The molecule has 3 aliphatic rings. The highest BCUT2D eigenvalue weighted by molar-refractivity contribution is 5.84. The van der Waals surface area contributed by atoms with E-state index in [4.69, 9.17) is 18.6 Å². The van der Waals surface area contributed by atoms with Crippen molar-refractivity contribution >= 4 is 11.7 Å². The van der Waals surface area contributed by atoms with E-state index in [1.165, 1.54) is 11.8 Å². The van der Waals surface area contributed by atoms with Gasteiger partial charge in [-0.1, -0.05) is 25.1 Å². The number of carboxylic acid groups (broad SMARTS) is 1. The van der Waals surface area contributed by atoms with Crippen LogP contribution in [-0.4, -0.2) is 71.0 Å². The summed E-state index contributed by atoms with van der Waals surface area (Å²) in [5, 5.41) is 9.41. The standard InChI is InChI=1S/C30H39N3O6/c1-5-7-22(17-32-13-10-21(11-14-32)24-8-6-9-25-28(24)38-20(4)37-25)33(18-23-12-15-36-23)27(19(2)3)29-31-16-26(39-29)30(34)35/h6-9,16,20-21,23H,5,10-15,17-18H2,1-4H3,(H,34,35)/b22-7+. The zero-order valence-corrected chi connectivity index (χ0v) is 23.3. The number of hydrogen-bond donors (Lipinski definition) is 1. The first-order valence-corrected chi connectivity index (χ1v) is 14.0. The molecule has 0 spiro atoms. The van der Waals surface area contributed by atoms with Crippen LogP contribution < -0.4 is 9.47 Å². The van der Waals surface area contributed by atoms with E-state index >= 15 is 0 Å². The van der Waals surface area contributed by atoms with Crippen molar-refractivity contribution in [2.45, 2.75) is 71.7 Å². The Kier molecular flexibility index (Phi) is 8.28. The molecule has 1 aromatic heterocycles. The average Bonchev–Trinajstić information content (AvgIpc) is 3.51. The van der Waals surface area contributed by atoms with E-state index in [2.05, 4.69) is 39.9 Å². The highest BCUT2D eigenvalue weighted by atomic mass is 16.7. The lowest BCUT2D eigenvalue weighted by atomic mass is 9.88. The Hall–Kier alpha value is -3.30. The van der Waals surface area contributed by atoms with Gasteiger partial charge >= 0.3 is 5.97 Å². The second-order valence-electron chi connectivity index (χ2n) is 10.7. The van der Waals surface area contributed by atoms with Crippen molar-refractivity contribution in [3.8, 4) is 11.5 Å². The summed E-state index contributed by atoms with van der Waals surface area (Å²) in [6, 6.07) is 6.21. The second kappa shape index (κ2) is 11.8. The lowest BCUT2D eigenvalue weighted by Gasteiger charge is -2.39. The van der Waals surface area contributed by atoms with Gasteiger partial charge in [-0.2, -0.15) is 0 Å². The van der Waals surface area contributed by atoms with Gasteiger partial charge in [-0.05, 0) is 70.2 Å². The van der Waals surface area contributed by atoms with Crippen molar-refractivity contribution in [3.63, 3.8) is 0 Å². The minimum absolute atomic E-state index is 0.115. The van der Waals surface area contributed by atoms with Gasteiger partial charge in [0.05, 0.1) is 12.3 Å². The number of aromatic nitrogens is 1. The van der Waals surface area contributed by atoms with Crippen LogP contribution in [0.5, 0.6) is 11.5 Å². The number of benzene rings is 1. The molecule has 9 nitrogen and oxygen atoms in total. The third kappa shape index (κ3) is 5.99. The monoisotopic (exact) mass is 537 g/mol. The molecule has 210 valence electrons. The largest absolute Gasteiger partial charge is 0.475 e. The van der Waals surface area contributed by atoms with E-state index in [0.29, 0.717) is 18.4 Å². The summed E-state index contributed by atoms with van der Waals surface area (Å²) in [6.07, 6.45) is 7.36. The predicted molar refractivity (Wildman–Crippen MR) is 147 cm³/mol. The van der Waals surface area contributed by atoms with Gasteiger partial charge in [0.15, 0.2) is 11.5 Å². The van der Waals surface area contributed by atoms with Gasteiger partial charge in [-0.25, -0.2) is 9.78 Å². The van der Waals surface area contributed by atoms with Gasteiger partial charge in [-0.3, -0.25) is 4.90 Å². The quantitative estimate of drug-likeness (QED) is 0.421. The molecule has 1 aromatic carbocycles. The summed E-state index contributed by atoms with van der Waals surface area (Å²) in [4.78, 5) is 20.6. The SMILES string of the molecule is CC/C=C(\CN1CCC(c2cccc3c2OC(C)O3)CC1)N(CC1CCO1)C(=C(C)C)c1ncc(C(=O)O)o1. The van der Waals surface area contributed by atoms with Crippen molar-refractivity contribution < 1.29 is 28.5 Å². The predicted octanol–water partition coefficient (Wildman–Crippen LogP) is 5.51. The maximum atomic E-state index is 11.5. The number of likely N-dealkylation sites (tertiary alicyclic amines) is 1. The van der Waals surface area contributed by atoms with E-state index < -0.39 is 5.97 Å². The number of rotatable bonds is 10. The van der Waals surface area contributed by atoms with Crippen LogP contribution in [0.1, 0.15) is 81.3 Å². The Balaban J connectivity index is 1.34. The smallest absolute Gasteiger partial charge is 0.373 e. The summed E-state index contributed by atoms with van der Waals surface area (Å²) in [7, 11) is 0. The Morgan fingerprint density at radius 1 is 1.21 bits per heavy atom. The lowest BCUT2D eigenvalue weighted by molar-refractivity contribution is -0.0578. The molecule has 3 aliphatic heterocycles. The lowest BCUT2D eigenvalue weighted by Crippen LogP contribution is -2.43. The fraction of sp³-hybridized carbons (Fsp3) is 0.533. The van der Waals surface area contributed by atoms with Gasteiger partial charge in [0.1, 0.15) is 5.70 Å². The summed E-state index contributed by atoms with van der Waals surface area (Å²) in [5.41, 5.74) is 4.21. The molecular formula is C30H39N3O6. The number of nitrogens with zero attached hydrogens (tertiary/aromatic N) is 3. The molecule has 0 amide bonds. The van der Waals surface area contributed by atoms with E-state index in [9.17, 15) is 9.90 Å². The van der Waals surface area contributed by atoms with Crippen LogP contribution in [0, 0.1) is 0 Å². The second-order valence-corrected chi connectivity index (χ2v) is 10.7. The highest BCUT2D eigenvalue weighted by Crippen LogP contribution is 2.44. The molecule has 2 atom stereocenters. The number of piperidine rings is 1. The minimum atomic E-state index is -1.13. The van der Waals surface area contributed by atoms with E-state index in [1.54, 1.807) is 0 Å². The summed E-state index contributed by atoms with van der Waals surface area (Å²) >= 11 is 0. The zero-order chi connectivity index (χ0) is 27.5. The number of allylic oxidation sites excluding steroid dienone is 2. The van der Waals surface area contributed by atoms with Crippen molar-refractivity contribution in [2.24, 2.45) is 0 Å². The van der Waals surface area contributed by atoms with E-state index in [1.807, 2.05) is 26.8 Å². The maximum absolute atomic E-state index is 11.5. The van der Waals surface area contributed by atoms with Crippen molar-refractivity contribution in [3.05, 3.63) is 59.0 Å². The Bertz CT molecular complexity index is 1240. The number of fused-ring (bicyclic) bond motifs is 1. The number of ether oxygens (including phenoxy) is 3. The van der Waals surface area contributed by atoms with Crippen LogP contribution >= 0.6 is 0 Å². The molecule has 0 saturated carbocycles. The van der Waals surface area contributed by atoms with Crippen LogP contribution in [0.15, 0.2) is 46.2 Å². The normalized spacial score (nSPS) is 21.5. The summed E-state index contributed by atoms with van der Waals surface area (Å²) in [6.45, 7) is 12.2. The highest BCUT2D eigenvalue weighted by Gasteiger charge is 2.32. The number of carboxylic acids is 1. The van der Waals surface area contributed by atoms with E-state index in [-0.39, 0.29) is 18.2 Å². The fourth-order valence-electron chi connectivity index (χ4n) is 5.63. The topological polar surface area (TPSA) is 97.5 Å². The number of carbonyl (C=O) groups is 1. The molecule has 2 aromatic rings. The maximum Gasteiger partial charge on any atom is 0.373 e. The summed E-state index contributed by atoms with van der Waals surface area (Å²) in [5.74, 6) is 1.21. The zero-order valence-electron chi connectivity index (χ0n) is 23.3. The first kappa shape index (κ1) is 27.3. The molecule has 2 fully saturated rings. The Morgan fingerprint density at radius 2 is 1.97 bits per heavy atom. The number of oxazole rings is 1.